The van der Waals surface area contributed by atoms with Crippen molar-refractivity contribution in [3.8, 4) is 0 Å². The highest BCUT2D eigenvalue weighted by Gasteiger charge is 2.69. The largest absolute Gasteiger partial charge is 0.479 e. The van der Waals surface area contributed by atoms with Crippen LogP contribution < -0.4 is 0 Å². The van der Waals surface area contributed by atoms with Crippen molar-refractivity contribution in [3.63, 3.8) is 0 Å². The Bertz CT molecular complexity index is 1140. The Balaban J connectivity index is 1.80. The molecule has 29 heavy (non-hydrogen) atoms. The molecule has 0 N–H and O–H groups in total. The third-order valence-electron chi connectivity index (χ3n) is 5.99. The third-order valence-corrected chi connectivity index (χ3v) is 7.36. The molecule has 0 saturated carbocycles. The molecule has 1 saturated heterocycles. The summed E-state index contributed by atoms with van der Waals surface area (Å²) in [5.41, 5.74) is 1.28. The summed E-state index contributed by atoms with van der Waals surface area (Å²) in [6.45, 7) is 2.22. The first-order chi connectivity index (χ1) is 14.0. The van der Waals surface area contributed by atoms with E-state index in [1.54, 1.807) is 13.0 Å². The Morgan fingerprint density at radius 3 is 2.41 bits per heavy atom. The number of hydrogen-bond donors (Lipinski definition) is 0. The fourth-order valence-corrected chi connectivity index (χ4v) is 6.47. The predicted molar refractivity (Wildman–Crippen MR) is 109 cm³/mol. The zero-order valence-electron chi connectivity index (χ0n) is 15.9. The van der Waals surface area contributed by atoms with E-state index in [2.05, 4.69) is 4.40 Å². The second kappa shape index (κ2) is 6.37. The molecular formula is C22H20N2O4S. The average Bonchev–Trinajstić information content (AvgIpc) is 3.29. The first-order valence-electron chi connectivity index (χ1n) is 9.61. The van der Waals surface area contributed by atoms with Crippen molar-refractivity contribution in [1.82, 2.24) is 4.31 Å². The van der Waals surface area contributed by atoms with Crippen molar-refractivity contribution in [2.45, 2.75) is 18.4 Å². The Morgan fingerprint density at radius 2 is 1.76 bits per heavy atom. The molecule has 1 fully saturated rings. The summed E-state index contributed by atoms with van der Waals surface area (Å²) in [6, 6.07) is 18.9. The number of carbonyl (C=O) groups is 1. The molecule has 6 nitrogen and oxygen atoms in total. The average molecular weight is 408 g/mol. The molecule has 2 aromatic rings. The number of ether oxygens (including phenoxy) is 1. The quantitative estimate of drug-likeness (QED) is 0.783. The van der Waals surface area contributed by atoms with Crippen LogP contribution in [0, 0.1) is 5.92 Å². The van der Waals surface area contributed by atoms with E-state index < -0.39 is 27.6 Å². The van der Waals surface area contributed by atoms with Gasteiger partial charge in [0.1, 0.15) is 5.54 Å². The van der Waals surface area contributed by atoms with Gasteiger partial charge in [0.25, 0.3) is 0 Å². The molecule has 2 aliphatic heterocycles. The van der Waals surface area contributed by atoms with Gasteiger partial charge in [0, 0.05) is 12.5 Å². The Hall–Kier alpha value is -2.77. The molecular weight excluding hydrogens is 388 g/mol. The van der Waals surface area contributed by atoms with E-state index in [4.69, 9.17) is 4.74 Å². The number of carbonyl (C=O) groups excluding carboxylic acids is 1. The molecule has 0 amide bonds. The van der Waals surface area contributed by atoms with Crippen molar-refractivity contribution in [1.29, 1.82) is 0 Å². The summed E-state index contributed by atoms with van der Waals surface area (Å²) in [4.78, 5) is 13.1. The van der Waals surface area contributed by atoms with E-state index >= 15 is 0 Å². The molecule has 0 unspecified atom stereocenters. The molecule has 2 aromatic carbocycles. The van der Waals surface area contributed by atoms with Crippen LogP contribution in [0.25, 0.3) is 0 Å². The van der Waals surface area contributed by atoms with Gasteiger partial charge in [-0.25, -0.2) is 0 Å². The fraction of sp³-hybridized carbons (Fsp3) is 0.273. The van der Waals surface area contributed by atoms with Crippen LogP contribution in [-0.4, -0.2) is 37.6 Å². The van der Waals surface area contributed by atoms with Crippen LogP contribution in [0.1, 0.15) is 24.0 Å². The zero-order chi connectivity index (χ0) is 20.2. The number of fused-ring (bicyclic) bond motifs is 3. The molecule has 3 atom stereocenters. The van der Waals surface area contributed by atoms with Gasteiger partial charge in [-0.15, -0.1) is 4.40 Å². The Morgan fingerprint density at radius 1 is 1.10 bits per heavy atom. The highest BCUT2D eigenvalue weighted by Crippen LogP contribution is 2.59. The van der Waals surface area contributed by atoms with Gasteiger partial charge in [-0.05, 0) is 29.7 Å². The van der Waals surface area contributed by atoms with Crippen LogP contribution in [0.2, 0.25) is 0 Å². The minimum absolute atomic E-state index is 0.00805. The lowest BCUT2D eigenvalue weighted by atomic mass is 9.71. The highest BCUT2D eigenvalue weighted by atomic mass is 32.2. The van der Waals surface area contributed by atoms with Gasteiger partial charge >= 0.3 is 10.2 Å². The molecule has 1 aliphatic carbocycles. The molecule has 0 radical (unpaired) electrons. The summed E-state index contributed by atoms with van der Waals surface area (Å²) in [5, 5.41) is 0. The second-order valence-corrected chi connectivity index (χ2v) is 8.95. The van der Waals surface area contributed by atoms with E-state index in [1.165, 1.54) is 4.31 Å². The van der Waals surface area contributed by atoms with E-state index in [1.807, 2.05) is 60.7 Å². The summed E-state index contributed by atoms with van der Waals surface area (Å²) in [7, 11) is -3.92. The number of nitrogens with zero attached hydrogens (tertiary/aromatic N) is 2. The molecule has 5 rings (SSSR count). The lowest BCUT2D eigenvalue weighted by Gasteiger charge is -2.38. The molecule has 148 valence electrons. The van der Waals surface area contributed by atoms with Gasteiger partial charge in [-0.3, -0.25) is 4.79 Å². The number of hydrogen-bond acceptors (Lipinski definition) is 4. The van der Waals surface area contributed by atoms with Crippen LogP contribution in [0.4, 0.5) is 0 Å². The van der Waals surface area contributed by atoms with Crippen molar-refractivity contribution in [2.75, 3.05) is 13.2 Å². The van der Waals surface area contributed by atoms with Crippen molar-refractivity contribution >= 4 is 21.9 Å². The van der Waals surface area contributed by atoms with Gasteiger partial charge < -0.3 is 4.74 Å². The van der Waals surface area contributed by atoms with E-state index in [0.29, 0.717) is 0 Å². The predicted octanol–water partition coefficient (Wildman–Crippen LogP) is 2.80. The van der Waals surface area contributed by atoms with Crippen LogP contribution >= 0.6 is 0 Å². The van der Waals surface area contributed by atoms with Crippen LogP contribution in [0.5, 0.6) is 0 Å². The summed E-state index contributed by atoms with van der Waals surface area (Å²) in [6.07, 6.45) is 1.62. The number of allylic oxidation sites excluding steroid dienone is 1. The lowest BCUT2D eigenvalue weighted by Crippen LogP contribution is -2.51. The molecule has 0 spiro atoms. The molecule has 2 heterocycles. The normalized spacial score (nSPS) is 29.9. The molecule has 3 aliphatic rings. The minimum atomic E-state index is -3.92. The fourth-order valence-electron chi connectivity index (χ4n) is 5.00. The maximum atomic E-state index is 13.1. The molecule has 0 aromatic heterocycles. The van der Waals surface area contributed by atoms with Gasteiger partial charge in [0.2, 0.25) is 5.90 Å². The molecule has 0 bridgehead atoms. The van der Waals surface area contributed by atoms with Crippen molar-refractivity contribution < 1.29 is 17.9 Å². The van der Waals surface area contributed by atoms with Gasteiger partial charge in [-0.2, -0.15) is 12.7 Å². The monoisotopic (exact) mass is 408 g/mol. The zero-order valence-corrected chi connectivity index (χ0v) is 16.7. The van der Waals surface area contributed by atoms with Crippen LogP contribution in [-0.2, 0) is 25.3 Å². The number of benzene rings is 2. The molecule has 7 heteroatoms. The van der Waals surface area contributed by atoms with Gasteiger partial charge in [0.05, 0.1) is 12.5 Å². The van der Waals surface area contributed by atoms with Gasteiger partial charge in [0.15, 0.2) is 5.78 Å². The van der Waals surface area contributed by atoms with Crippen molar-refractivity contribution in [3.05, 3.63) is 83.4 Å². The Kier molecular flexibility index (Phi) is 4.01. The summed E-state index contributed by atoms with van der Waals surface area (Å²) >= 11 is 0. The standard InChI is InChI=1S/C22H20N2O4S/c1-2-28-21-22(17-11-7-4-8-12-17)20-16(14-24(22)29(26,27)23-21)13-18(25)19(20)15-9-5-3-6-10-15/h3-13,19-20H,2,14H2,1H3/t19-,20-,22+/m0/s1. The number of ketones is 1. The maximum Gasteiger partial charge on any atom is 0.327 e. The smallest absolute Gasteiger partial charge is 0.327 e. The third kappa shape index (κ3) is 2.41. The van der Waals surface area contributed by atoms with E-state index in [0.717, 1.165) is 16.7 Å². The summed E-state index contributed by atoms with van der Waals surface area (Å²) in [5.74, 6) is -0.751. The first-order valence-corrected chi connectivity index (χ1v) is 11.0. The van der Waals surface area contributed by atoms with Gasteiger partial charge in [-0.1, -0.05) is 60.7 Å². The van der Waals surface area contributed by atoms with E-state index in [-0.39, 0.29) is 24.8 Å². The first kappa shape index (κ1) is 18.3. The maximum absolute atomic E-state index is 13.1. The number of rotatable bonds is 3. The minimum Gasteiger partial charge on any atom is -0.479 e. The van der Waals surface area contributed by atoms with Crippen molar-refractivity contribution in [2.24, 2.45) is 10.3 Å². The lowest BCUT2D eigenvalue weighted by molar-refractivity contribution is -0.116. The van der Waals surface area contributed by atoms with Crippen LogP contribution in [0.15, 0.2) is 76.7 Å². The highest BCUT2D eigenvalue weighted by molar-refractivity contribution is 7.88. The Labute approximate surface area is 169 Å². The van der Waals surface area contributed by atoms with E-state index in [9.17, 15) is 13.2 Å². The SMILES string of the molecule is CCOC1=NS(=O)(=O)N2CC3=CC(=O)[C@H](c4ccccc4)[C@H]3[C@]12c1ccccc1. The second-order valence-electron chi connectivity index (χ2n) is 7.43. The topological polar surface area (TPSA) is 76.0 Å². The summed E-state index contributed by atoms with van der Waals surface area (Å²) < 4.78 is 37.3. The van der Waals surface area contributed by atoms with Crippen LogP contribution in [0.3, 0.4) is 0 Å².